The lowest BCUT2D eigenvalue weighted by Gasteiger charge is -2.17. The molecule has 0 aliphatic carbocycles. The Balaban J connectivity index is 3.86. The van der Waals surface area contributed by atoms with Crippen molar-refractivity contribution in [1.29, 1.82) is 0 Å². The van der Waals surface area contributed by atoms with Gasteiger partial charge in [0.05, 0.1) is 6.61 Å². The SMILES string of the molecule is CCCCCCCC/C=C\CCCCCCCC(=O)OC[C@H](CCCCCCCC)CCCCCCCCCC. The standard InChI is InChI=1S/C38H74O2/c1-4-7-10-13-16-18-19-20-21-22-23-24-26-29-32-35-38(39)40-36-37(33-30-27-15-12-9-6-3)34-31-28-25-17-14-11-8-5-2/h20-21,37H,4-19,22-36H2,1-3H3/b21-20-/t37-/m1/s1. The van der Waals surface area contributed by atoms with E-state index in [9.17, 15) is 4.79 Å². The predicted molar refractivity (Wildman–Crippen MR) is 179 cm³/mol. The first-order chi connectivity index (χ1) is 19.7. The van der Waals surface area contributed by atoms with Gasteiger partial charge in [0.25, 0.3) is 0 Å². The lowest BCUT2D eigenvalue weighted by Crippen LogP contribution is -2.14. The van der Waals surface area contributed by atoms with E-state index in [1.807, 2.05) is 0 Å². The second-order valence-corrected chi connectivity index (χ2v) is 12.7. The topological polar surface area (TPSA) is 26.3 Å². The van der Waals surface area contributed by atoms with Gasteiger partial charge in [-0.25, -0.2) is 0 Å². The zero-order chi connectivity index (χ0) is 29.2. The second kappa shape index (κ2) is 34.4. The largest absolute Gasteiger partial charge is 0.465 e. The Bertz CT molecular complexity index is 512. The second-order valence-electron chi connectivity index (χ2n) is 12.7. The van der Waals surface area contributed by atoms with Crippen LogP contribution in [-0.4, -0.2) is 12.6 Å². The maximum atomic E-state index is 12.4. The molecule has 2 heteroatoms. The third-order valence-electron chi connectivity index (χ3n) is 8.55. The van der Waals surface area contributed by atoms with Crippen molar-refractivity contribution < 1.29 is 9.53 Å². The monoisotopic (exact) mass is 563 g/mol. The quantitative estimate of drug-likeness (QED) is 0.0451. The Hall–Kier alpha value is -0.790. The van der Waals surface area contributed by atoms with Crippen molar-refractivity contribution in [2.24, 2.45) is 5.92 Å². The van der Waals surface area contributed by atoms with Gasteiger partial charge in [-0.15, -0.1) is 0 Å². The molecule has 0 fully saturated rings. The molecule has 0 aliphatic rings. The number of ether oxygens (including phenoxy) is 1. The lowest BCUT2D eigenvalue weighted by molar-refractivity contribution is -0.145. The van der Waals surface area contributed by atoms with Crippen molar-refractivity contribution in [3.05, 3.63) is 12.2 Å². The van der Waals surface area contributed by atoms with Gasteiger partial charge in [-0.3, -0.25) is 4.79 Å². The first-order valence-electron chi connectivity index (χ1n) is 18.5. The number of unbranched alkanes of at least 4 members (excludes halogenated alkanes) is 23. The summed E-state index contributed by atoms with van der Waals surface area (Å²) < 4.78 is 5.79. The van der Waals surface area contributed by atoms with E-state index < -0.39 is 0 Å². The Labute approximate surface area is 253 Å². The number of carbonyl (C=O) groups excluding carboxylic acids is 1. The molecule has 0 saturated carbocycles. The molecule has 0 spiro atoms. The fraction of sp³-hybridized carbons (Fsp3) is 0.921. The molecule has 0 aromatic carbocycles. The molecule has 0 radical (unpaired) electrons. The molecule has 0 unspecified atom stereocenters. The summed E-state index contributed by atoms with van der Waals surface area (Å²) in [6.45, 7) is 7.51. The number of hydrogen-bond donors (Lipinski definition) is 0. The molecule has 0 saturated heterocycles. The van der Waals surface area contributed by atoms with E-state index in [0.717, 1.165) is 12.8 Å². The van der Waals surface area contributed by atoms with Crippen molar-refractivity contribution in [3.8, 4) is 0 Å². The highest BCUT2D eigenvalue weighted by Crippen LogP contribution is 2.20. The van der Waals surface area contributed by atoms with Gasteiger partial charge in [0.1, 0.15) is 0 Å². The van der Waals surface area contributed by atoms with Crippen molar-refractivity contribution in [2.45, 2.75) is 213 Å². The van der Waals surface area contributed by atoms with Crippen LogP contribution in [0.25, 0.3) is 0 Å². The summed E-state index contributed by atoms with van der Waals surface area (Å²) >= 11 is 0. The van der Waals surface area contributed by atoms with Crippen LogP contribution in [0.4, 0.5) is 0 Å². The van der Waals surface area contributed by atoms with E-state index in [1.165, 1.54) is 173 Å². The van der Waals surface area contributed by atoms with E-state index in [0.29, 0.717) is 18.9 Å². The van der Waals surface area contributed by atoms with Crippen LogP contribution in [0.5, 0.6) is 0 Å². The average molecular weight is 563 g/mol. The van der Waals surface area contributed by atoms with Crippen molar-refractivity contribution >= 4 is 5.97 Å². The van der Waals surface area contributed by atoms with Crippen LogP contribution >= 0.6 is 0 Å². The third kappa shape index (κ3) is 31.7. The van der Waals surface area contributed by atoms with Crippen LogP contribution in [0.2, 0.25) is 0 Å². The molecule has 0 aliphatic heterocycles. The zero-order valence-electron chi connectivity index (χ0n) is 28.0. The van der Waals surface area contributed by atoms with Crippen LogP contribution in [-0.2, 0) is 9.53 Å². The normalized spacial score (nSPS) is 12.4. The molecule has 0 aromatic heterocycles. The summed E-state index contributed by atoms with van der Waals surface area (Å²) in [7, 11) is 0. The Morgan fingerprint density at radius 1 is 0.475 bits per heavy atom. The van der Waals surface area contributed by atoms with E-state index >= 15 is 0 Å². The van der Waals surface area contributed by atoms with Gasteiger partial charge < -0.3 is 4.74 Å². The zero-order valence-corrected chi connectivity index (χ0v) is 28.0. The first kappa shape index (κ1) is 39.2. The molecular weight excluding hydrogens is 488 g/mol. The molecule has 1 atom stereocenters. The molecule has 0 rings (SSSR count). The Morgan fingerprint density at radius 2 is 0.825 bits per heavy atom. The smallest absolute Gasteiger partial charge is 0.305 e. The molecule has 0 N–H and O–H groups in total. The molecule has 40 heavy (non-hydrogen) atoms. The minimum Gasteiger partial charge on any atom is -0.465 e. The average Bonchev–Trinajstić information content (AvgIpc) is 2.96. The highest BCUT2D eigenvalue weighted by molar-refractivity contribution is 5.69. The van der Waals surface area contributed by atoms with E-state index in [2.05, 4.69) is 32.9 Å². The highest BCUT2D eigenvalue weighted by atomic mass is 16.5. The predicted octanol–water partition coefficient (Wildman–Crippen LogP) is 13.5. The number of esters is 1. The Kier molecular flexibility index (Phi) is 33.7. The molecular formula is C38H74O2. The van der Waals surface area contributed by atoms with Gasteiger partial charge in [0, 0.05) is 6.42 Å². The maximum Gasteiger partial charge on any atom is 0.305 e. The minimum absolute atomic E-state index is 0.0431. The lowest BCUT2D eigenvalue weighted by atomic mass is 9.94. The van der Waals surface area contributed by atoms with Crippen LogP contribution in [0.3, 0.4) is 0 Å². The number of rotatable bonds is 33. The van der Waals surface area contributed by atoms with Crippen LogP contribution < -0.4 is 0 Å². The van der Waals surface area contributed by atoms with Crippen molar-refractivity contribution in [2.75, 3.05) is 6.61 Å². The fourth-order valence-electron chi connectivity index (χ4n) is 5.71. The van der Waals surface area contributed by atoms with Crippen LogP contribution in [0.1, 0.15) is 213 Å². The summed E-state index contributed by atoms with van der Waals surface area (Å²) in [5, 5.41) is 0. The number of allylic oxidation sites excluding steroid dienone is 2. The van der Waals surface area contributed by atoms with Gasteiger partial charge in [-0.2, -0.15) is 0 Å². The third-order valence-corrected chi connectivity index (χ3v) is 8.55. The fourth-order valence-corrected chi connectivity index (χ4v) is 5.71. The number of carbonyl (C=O) groups is 1. The van der Waals surface area contributed by atoms with Gasteiger partial charge >= 0.3 is 5.97 Å². The van der Waals surface area contributed by atoms with Gasteiger partial charge in [-0.1, -0.05) is 174 Å². The first-order valence-corrected chi connectivity index (χ1v) is 18.5. The summed E-state index contributed by atoms with van der Waals surface area (Å²) in [5.41, 5.74) is 0. The molecule has 0 amide bonds. The minimum atomic E-state index is 0.0431. The highest BCUT2D eigenvalue weighted by Gasteiger charge is 2.12. The molecule has 0 heterocycles. The molecule has 0 aromatic rings. The van der Waals surface area contributed by atoms with Gasteiger partial charge in [0.2, 0.25) is 0 Å². The van der Waals surface area contributed by atoms with E-state index in [4.69, 9.17) is 4.74 Å². The molecule has 238 valence electrons. The summed E-state index contributed by atoms with van der Waals surface area (Å²) in [5.74, 6) is 0.617. The Morgan fingerprint density at radius 3 is 1.25 bits per heavy atom. The summed E-state index contributed by atoms with van der Waals surface area (Å²) in [6, 6.07) is 0. The number of hydrogen-bond acceptors (Lipinski definition) is 2. The summed E-state index contributed by atoms with van der Waals surface area (Å²) in [6.07, 6.45) is 43.7. The van der Waals surface area contributed by atoms with Gasteiger partial charge in [0.15, 0.2) is 0 Å². The van der Waals surface area contributed by atoms with Crippen molar-refractivity contribution in [1.82, 2.24) is 0 Å². The maximum absolute atomic E-state index is 12.4. The van der Waals surface area contributed by atoms with Crippen molar-refractivity contribution in [3.63, 3.8) is 0 Å². The van der Waals surface area contributed by atoms with E-state index in [1.54, 1.807) is 0 Å². The van der Waals surface area contributed by atoms with Crippen LogP contribution in [0.15, 0.2) is 12.2 Å². The van der Waals surface area contributed by atoms with Crippen LogP contribution in [0, 0.1) is 5.92 Å². The van der Waals surface area contributed by atoms with E-state index in [-0.39, 0.29) is 5.97 Å². The van der Waals surface area contributed by atoms with Gasteiger partial charge in [-0.05, 0) is 50.9 Å². The summed E-state index contributed by atoms with van der Waals surface area (Å²) in [4.78, 5) is 12.4. The molecule has 2 nitrogen and oxygen atoms in total. The molecule has 0 bridgehead atoms.